The topological polar surface area (TPSA) is 101 Å². The molecule has 2 rings (SSSR count). The van der Waals surface area contributed by atoms with Crippen molar-refractivity contribution in [1.82, 2.24) is 0 Å². The van der Waals surface area contributed by atoms with Crippen molar-refractivity contribution in [2.24, 2.45) is 0 Å². The van der Waals surface area contributed by atoms with Crippen molar-refractivity contribution in [1.29, 1.82) is 0 Å². The average Bonchev–Trinajstić information content (AvgIpc) is 2.46. The lowest BCUT2D eigenvalue weighted by molar-refractivity contribution is 0.0696. The van der Waals surface area contributed by atoms with E-state index in [0.717, 1.165) is 0 Å². The summed E-state index contributed by atoms with van der Waals surface area (Å²) in [6.45, 7) is 0. The number of rotatable bonds is 3. The Morgan fingerprint density at radius 3 is 1.74 bits per heavy atom. The van der Waals surface area contributed by atoms with Gasteiger partial charge in [0.2, 0.25) is 0 Å². The Kier molecular flexibility index (Phi) is 7.02. The molecule has 0 saturated carbocycles. The van der Waals surface area contributed by atoms with Crippen LogP contribution >= 0.6 is 21.4 Å². The molecule has 122 valence electrons. The number of hydrogen-bond donors (Lipinski definition) is 2. The van der Waals surface area contributed by atoms with E-state index in [1.165, 1.54) is 24.3 Å². The average molecular weight is 376 g/mol. The van der Waals surface area contributed by atoms with E-state index in [2.05, 4.69) is 26.7 Å². The van der Waals surface area contributed by atoms with Crippen LogP contribution in [0.1, 0.15) is 20.7 Å². The molecule has 9 heteroatoms. The van der Waals surface area contributed by atoms with Crippen molar-refractivity contribution in [2.75, 3.05) is 5.32 Å². The first-order chi connectivity index (χ1) is 10.7. The van der Waals surface area contributed by atoms with E-state index in [1.807, 2.05) is 18.2 Å². The monoisotopic (exact) mass is 375 g/mol. The molecule has 0 radical (unpaired) electrons. The maximum atomic E-state index is 11.8. The first-order valence-corrected chi connectivity index (χ1v) is 9.14. The lowest BCUT2D eigenvalue weighted by atomic mass is 10.1. The number of hydrogen-bond acceptors (Lipinski definition) is 4. The molecular weight excluding hydrogens is 365 g/mol. The summed E-state index contributed by atoms with van der Waals surface area (Å²) in [5.41, 5.74) is 1.28. The first kappa shape index (κ1) is 19.0. The molecule has 0 atom stereocenters. The molecule has 0 heterocycles. The predicted molar refractivity (Wildman–Crippen MR) is 88.4 cm³/mol. The second kappa shape index (κ2) is 8.52. The van der Waals surface area contributed by atoms with Crippen molar-refractivity contribution in [2.45, 2.75) is 0 Å². The summed E-state index contributed by atoms with van der Waals surface area (Å²) in [4.78, 5) is 22.5. The molecule has 2 aromatic carbocycles. The minimum absolute atomic E-state index is 0.159. The Morgan fingerprint density at radius 2 is 1.30 bits per heavy atom. The van der Waals surface area contributed by atoms with Crippen LogP contribution in [-0.4, -0.2) is 25.4 Å². The quantitative estimate of drug-likeness (QED) is 0.801. The summed E-state index contributed by atoms with van der Waals surface area (Å²) in [6, 6.07) is 14.9. The van der Waals surface area contributed by atoms with Crippen molar-refractivity contribution in [3.05, 3.63) is 65.7 Å². The predicted octanol–water partition coefficient (Wildman–Crippen LogP) is 3.35. The van der Waals surface area contributed by atoms with Crippen LogP contribution in [0.15, 0.2) is 54.6 Å². The van der Waals surface area contributed by atoms with Gasteiger partial charge in [-0.15, -0.1) is 0 Å². The fraction of sp³-hybridized carbons (Fsp3) is 0. The molecule has 0 bridgehead atoms. The fourth-order valence-corrected chi connectivity index (χ4v) is 1.49. The number of benzene rings is 2. The maximum absolute atomic E-state index is 11.8. The smallest absolute Gasteiger partial charge is 0.335 e. The summed E-state index contributed by atoms with van der Waals surface area (Å²) >= 11 is 0. The zero-order chi connectivity index (χ0) is 17.5. The van der Waals surface area contributed by atoms with Crippen LogP contribution in [0, 0.1) is 0 Å². The molecule has 0 fully saturated rings. The van der Waals surface area contributed by atoms with Crippen LogP contribution in [-0.2, 0) is 8.26 Å². The summed E-state index contributed by atoms with van der Waals surface area (Å²) in [6.07, 6.45) is 0. The Hall–Kier alpha value is -2.09. The summed E-state index contributed by atoms with van der Waals surface area (Å²) in [5, 5.41) is 11.5. The van der Waals surface area contributed by atoms with Gasteiger partial charge < -0.3 is 10.4 Å². The van der Waals surface area contributed by atoms with Crippen LogP contribution in [0.25, 0.3) is 0 Å². The zero-order valence-electron chi connectivity index (χ0n) is 11.4. The number of amides is 1. The van der Waals surface area contributed by atoms with Crippen LogP contribution < -0.4 is 5.32 Å². The zero-order valence-corrected chi connectivity index (χ0v) is 13.8. The lowest BCUT2D eigenvalue weighted by Crippen LogP contribution is -2.11. The van der Waals surface area contributed by atoms with Gasteiger partial charge in [-0.25, -0.2) is 4.79 Å². The third kappa shape index (κ3) is 8.20. The molecule has 1 amide bonds. The minimum Gasteiger partial charge on any atom is -0.478 e. The van der Waals surface area contributed by atoms with Gasteiger partial charge in [-0.2, -0.15) is 8.42 Å². The number of anilines is 1. The molecule has 0 aromatic heterocycles. The Balaban J connectivity index is 0.000000463. The van der Waals surface area contributed by atoms with Gasteiger partial charge in [0.15, 0.2) is 0 Å². The lowest BCUT2D eigenvalue weighted by Gasteiger charge is -2.05. The summed E-state index contributed by atoms with van der Waals surface area (Å²) < 4.78 is 18.3. The van der Waals surface area contributed by atoms with E-state index in [1.54, 1.807) is 12.1 Å². The van der Waals surface area contributed by atoms with E-state index < -0.39 is 14.2 Å². The van der Waals surface area contributed by atoms with Crippen molar-refractivity contribution >= 4 is 47.2 Å². The number of aromatic carboxylic acids is 1. The highest BCUT2D eigenvalue weighted by atomic mass is 36.0. The molecule has 23 heavy (non-hydrogen) atoms. The number of carbonyl (C=O) groups excluding carboxylic acids is 1. The number of halogens is 2. The van der Waals surface area contributed by atoms with Crippen LogP contribution in [0.3, 0.4) is 0 Å². The number of carboxylic acid groups (broad SMARTS) is 1. The van der Waals surface area contributed by atoms with E-state index in [9.17, 15) is 9.59 Å². The Morgan fingerprint density at radius 1 is 0.870 bits per heavy atom. The van der Waals surface area contributed by atoms with Gasteiger partial charge in [-0.05, 0) is 36.4 Å². The molecular formula is C14H11Cl2NO5S. The fourth-order valence-electron chi connectivity index (χ4n) is 1.49. The number of carboxylic acids is 1. The highest BCUT2D eigenvalue weighted by molar-refractivity contribution is 8.31. The van der Waals surface area contributed by atoms with Gasteiger partial charge in [0.1, 0.15) is 0 Å². The molecule has 0 saturated heterocycles. The number of para-hydroxylation sites is 1. The van der Waals surface area contributed by atoms with Gasteiger partial charge in [-0.1, -0.05) is 18.2 Å². The molecule has 0 aliphatic carbocycles. The van der Waals surface area contributed by atoms with E-state index in [0.29, 0.717) is 11.3 Å². The minimum atomic E-state index is -3.72. The first-order valence-electron chi connectivity index (χ1n) is 6.01. The van der Waals surface area contributed by atoms with E-state index in [4.69, 9.17) is 13.5 Å². The molecule has 2 N–H and O–H groups in total. The third-order valence-electron chi connectivity index (χ3n) is 2.43. The Labute approximate surface area is 141 Å². The van der Waals surface area contributed by atoms with Crippen molar-refractivity contribution in [3.8, 4) is 0 Å². The second-order valence-corrected chi connectivity index (χ2v) is 7.75. The summed E-state index contributed by atoms with van der Waals surface area (Å²) in [5.74, 6) is -1.27. The molecule has 0 aliphatic rings. The highest BCUT2D eigenvalue weighted by Crippen LogP contribution is 2.09. The van der Waals surface area contributed by atoms with Gasteiger partial charge >= 0.3 is 14.2 Å². The van der Waals surface area contributed by atoms with Crippen molar-refractivity contribution in [3.63, 3.8) is 0 Å². The largest absolute Gasteiger partial charge is 0.478 e. The normalized spacial score (nSPS) is 10.2. The van der Waals surface area contributed by atoms with Gasteiger partial charge in [0, 0.05) is 32.6 Å². The van der Waals surface area contributed by atoms with Crippen LogP contribution in [0.4, 0.5) is 5.69 Å². The third-order valence-corrected chi connectivity index (χ3v) is 2.43. The molecule has 0 aliphatic heterocycles. The molecule has 0 spiro atoms. The maximum Gasteiger partial charge on any atom is 0.335 e. The molecule has 6 nitrogen and oxygen atoms in total. The highest BCUT2D eigenvalue weighted by Gasteiger charge is 2.07. The number of nitrogens with one attached hydrogen (secondary N) is 1. The van der Waals surface area contributed by atoms with Crippen molar-refractivity contribution < 1.29 is 23.1 Å². The van der Waals surface area contributed by atoms with E-state index in [-0.39, 0.29) is 11.5 Å². The number of carbonyl (C=O) groups is 2. The standard InChI is InChI=1S/C14H11NO3.Cl2O2S/c16-13(15-12-4-2-1-3-5-12)10-6-8-11(9-7-10)14(17)18;1-5(2,3)4/h1-9H,(H,15,16)(H,17,18);. The summed E-state index contributed by atoms with van der Waals surface area (Å²) in [7, 11) is 4.81. The van der Waals surface area contributed by atoms with Crippen LogP contribution in [0.5, 0.6) is 0 Å². The second-order valence-electron chi connectivity index (χ2n) is 4.08. The Bertz CT molecular complexity index is 769. The van der Waals surface area contributed by atoms with Gasteiger partial charge in [0.25, 0.3) is 5.91 Å². The molecule has 0 unspecified atom stereocenters. The van der Waals surface area contributed by atoms with Crippen LogP contribution in [0.2, 0.25) is 0 Å². The SMILES string of the molecule is O=C(O)c1ccc(C(=O)Nc2ccccc2)cc1.O=S(=O)(Cl)Cl. The van der Waals surface area contributed by atoms with Gasteiger partial charge in [-0.3, -0.25) is 4.79 Å². The van der Waals surface area contributed by atoms with Gasteiger partial charge in [0.05, 0.1) is 5.56 Å². The molecule has 2 aromatic rings. The van der Waals surface area contributed by atoms with E-state index >= 15 is 0 Å².